The summed E-state index contributed by atoms with van der Waals surface area (Å²) in [5.41, 5.74) is 6.14. The van der Waals surface area contributed by atoms with E-state index in [0.717, 1.165) is 28.1 Å². The lowest BCUT2D eigenvalue weighted by Gasteiger charge is -2.36. The molecule has 0 radical (unpaired) electrons. The van der Waals surface area contributed by atoms with E-state index in [4.69, 9.17) is 0 Å². The first kappa shape index (κ1) is 21.6. The van der Waals surface area contributed by atoms with Gasteiger partial charge in [-0.2, -0.15) is 5.10 Å². The summed E-state index contributed by atoms with van der Waals surface area (Å²) in [6, 6.07) is 8.07. The normalized spacial score (nSPS) is 11.4. The fourth-order valence-corrected chi connectivity index (χ4v) is 3.87. The fraction of sp³-hybridized carbons (Fsp3) is 0.261. The van der Waals surface area contributed by atoms with Crippen molar-refractivity contribution in [3.8, 4) is 11.3 Å². The molecule has 164 valence electrons. The zero-order valence-electron chi connectivity index (χ0n) is 18.5. The standard InChI is InChI=1S/C23H25N7OS/c1-15-9-16(19-7-8-25-22(29-19)28-18-10-26-27-11-18)5-6-17(15)13-30(23(2,3)4)21(31)20-12-24-14-32-20/h5-12,14H,13H2,1-4H3,(H,26,27)(H,25,28,29). The number of aromatic nitrogens is 5. The van der Waals surface area contributed by atoms with Crippen LogP contribution in [0.25, 0.3) is 11.3 Å². The van der Waals surface area contributed by atoms with Crippen molar-refractivity contribution in [1.29, 1.82) is 0 Å². The summed E-state index contributed by atoms with van der Waals surface area (Å²) < 4.78 is 0. The largest absolute Gasteiger partial charge is 0.329 e. The van der Waals surface area contributed by atoms with Crippen molar-refractivity contribution in [1.82, 2.24) is 30.0 Å². The number of carbonyl (C=O) groups excluding carboxylic acids is 1. The minimum absolute atomic E-state index is 0.00533. The Hall–Kier alpha value is -3.59. The van der Waals surface area contributed by atoms with Crippen LogP contribution in [0.1, 0.15) is 41.6 Å². The van der Waals surface area contributed by atoms with E-state index in [1.807, 2.05) is 37.8 Å². The maximum atomic E-state index is 13.1. The van der Waals surface area contributed by atoms with Crippen LogP contribution in [0, 0.1) is 6.92 Å². The molecule has 1 aromatic carbocycles. The summed E-state index contributed by atoms with van der Waals surface area (Å²) >= 11 is 1.36. The second kappa shape index (κ2) is 8.88. The van der Waals surface area contributed by atoms with Crippen molar-refractivity contribution < 1.29 is 4.79 Å². The first-order chi connectivity index (χ1) is 15.3. The number of H-pyrrole nitrogens is 1. The highest BCUT2D eigenvalue weighted by atomic mass is 32.1. The van der Waals surface area contributed by atoms with E-state index in [2.05, 4.69) is 49.5 Å². The molecule has 2 N–H and O–H groups in total. The molecule has 0 atom stereocenters. The summed E-state index contributed by atoms with van der Waals surface area (Å²) in [6.45, 7) is 8.72. The van der Waals surface area contributed by atoms with Crippen LogP contribution < -0.4 is 5.32 Å². The van der Waals surface area contributed by atoms with Crippen LogP contribution in [0.4, 0.5) is 11.6 Å². The molecule has 3 aromatic heterocycles. The fourth-order valence-electron chi connectivity index (χ4n) is 3.30. The number of aryl methyl sites for hydroxylation is 1. The molecule has 0 aliphatic carbocycles. The van der Waals surface area contributed by atoms with E-state index in [0.29, 0.717) is 17.4 Å². The maximum Gasteiger partial charge on any atom is 0.266 e. The number of carbonyl (C=O) groups is 1. The van der Waals surface area contributed by atoms with Crippen LogP contribution in [0.5, 0.6) is 0 Å². The van der Waals surface area contributed by atoms with Gasteiger partial charge in [-0.3, -0.25) is 14.9 Å². The Labute approximate surface area is 190 Å². The van der Waals surface area contributed by atoms with E-state index >= 15 is 0 Å². The van der Waals surface area contributed by atoms with Crippen molar-refractivity contribution in [2.24, 2.45) is 0 Å². The van der Waals surface area contributed by atoms with Crippen LogP contribution in [-0.2, 0) is 6.54 Å². The molecule has 3 heterocycles. The van der Waals surface area contributed by atoms with E-state index in [9.17, 15) is 4.79 Å². The predicted octanol–water partition coefficient (Wildman–Crippen LogP) is 4.82. The molecule has 1 amide bonds. The van der Waals surface area contributed by atoms with Gasteiger partial charge in [0.25, 0.3) is 5.91 Å². The second-order valence-corrected chi connectivity index (χ2v) is 9.33. The van der Waals surface area contributed by atoms with Gasteiger partial charge in [0.05, 0.1) is 29.3 Å². The number of amides is 1. The predicted molar refractivity (Wildman–Crippen MR) is 126 cm³/mol. The second-order valence-electron chi connectivity index (χ2n) is 8.45. The molecule has 0 saturated carbocycles. The van der Waals surface area contributed by atoms with Gasteiger partial charge in [0.1, 0.15) is 4.88 Å². The number of hydrogen-bond donors (Lipinski definition) is 2. The van der Waals surface area contributed by atoms with Gasteiger partial charge in [-0.15, -0.1) is 11.3 Å². The molecule has 0 aliphatic rings. The Kier molecular flexibility index (Phi) is 6.00. The van der Waals surface area contributed by atoms with Crippen molar-refractivity contribution in [3.63, 3.8) is 0 Å². The van der Waals surface area contributed by atoms with E-state index in [1.165, 1.54) is 11.3 Å². The number of anilines is 2. The quantitative estimate of drug-likeness (QED) is 0.440. The average Bonchev–Trinajstić information content (AvgIpc) is 3.46. The van der Waals surface area contributed by atoms with Gasteiger partial charge in [0, 0.05) is 30.0 Å². The zero-order valence-corrected chi connectivity index (χ0v) is 19.3. The molecule has 4 rings (SSSR count). The molecule has 0 saturated heterocycles. The summed E-state index contributed by atoms with van der Waals surface area (Å²) in [5, 5.41) is 9.79. The number of rotatable bonds is 6. The summed E-state index contributed by atoms with van der Waals surface area (Å²) in [6.07, 6.45) is 6.77. The maximum absolute atomic E-state index is 13.1. The van der Waals surface area contributed by atoms with Gasteiger partial charge in [-0.05, 0) is 51.0 Å². The van der Waals surface area contributed by atoms with Crippen LogP contribution >= 0.6 is 11.3 Å². The van der Waals surface area contributed by atoms with Crippen LogP contribution in [0.15, 0.2) is 54.6 Å². The smallest absolute Gasteiger partial charge is 0.266 e. The van der Waals surface area contributed by atoms with Gasteiger partial charge < -0.3 is 10.2 Å². The van der Waals surface area contributed by atoms with Gasteiger partial charge in [0.2, 0.25) is 5.95 Å². The van der Waals surface area contributed by atoms with E-state index in [-0.39, 0.29) is 11.4 Å². The number of nitrogens with zero attached hydrogens (tertiary/aromatic N) is 5. The van der Waals surface area contributed by atoms with Crippen molar-refractivity contribution >= 4 is 28.9 Å². The van der Waals surface area contributed by atoms with Crippen LogP contribution in [0.2, 0.25) is 0 Å². The highest BCUT2D eigenvalue weighted by molar-refractivity contribution is 7.11. The number of aromatic amines is 1. The van der Waals surface area contributed by atoms with Gasteiger partial charge in [0.15, 0.2) is 0 Å². The number of benzene rings is 1. The van der Waals surface area contributed by atoms with Crippen molar-refractivity contribution in [3.05, 3.63) is 70.6 Å². The number of nitrogens with one attached hydrogen (secondary N) is 2. The first-order valence-corrected chi connectivity index (χ1v) is 11.1. The summed E-state index contributed by atoms with van der Waals surface area (Å²) in [7, 11) is 0. The minimum atomic E-state index is -0.327. The third kappa shape index (κ3) is 4.83. The minimum Gasteiger partial charge on any atom is -0.329 e. The molecule has 32 heavy (non-hydrogen) atoms. The van der Waals surface area contributed by atoms with Gasteiger partial charge in [-0.25, -0.2) is 9.97 Å². The third-order valence-electron chi connectivity index (χ3n) is 5.07. The lowest BCUT2D eigenvalue weighted by Crippen LogP contribution is -2.44. The monoisotopic (exact) mass is 447 g/mol. The molecule has 0 fully saturated rings. The molecular weight excluding hydrogens is 422 g/mol. The molecule has 0 aliphatic heterocycles. The van der Waals surface area contributed by atoms with Crippen molar-refractivity contribution in [2.45, 2.75) is 39.8 Å². The summed E-state index contributed by atoms with van der Waals surface area (Å²) in [4.78, 5) is 28.6. The Morgan fingerprint density at radius 1 is 1.22 bits per heavy atom. The zero-order chi connectivity index (χ0) is 22.7. The summed E-state index contributed by atoms with van der Waals surface area (Å²) in [5.74, 6) is 0.494. The Bertz CT molecular complexity index is 1200. The molecule has 8 nitrogen and oxygen atoms in total. The van der Waals surface area contributed by atoms with Crippen LogP contribution in [-0.4, -0.2) is 41.5 Å². The highest BCUT2D eigenvalue weighted by Crippen LogP contribution is 2.26. The third-order valence-corrected chi connectivity index (χ3v) is 5.84. The Morgan fingerprint density at radius 3 is 2.72 bits per heavy atom. The SMILES string of the molecule is Cc1cc(-c2ccnc(Nc3cn[nH]c3)n2)ccc1CN(C(=O)c1cncs1)C(C)(C)C. The Morgan fingerprint density at radius 2 is 2.06 bits per heavy atom. The van der Waals surface area contributed by atoms with E-state index < -0.39 is 0 Å². The Balaban J connectivity index is 1.57. The van der Waals surface area contributed by atoms with Crippen molar-refractivity contribution in [2.75, 3.05) is 5.32 Å². The molecule has 9 heteroatoms. The topological polar surface area (TPSA) is 99.7 Å². The molecule has 0 bridgehead atoms. The highest BCUT2D eigenvalue weighted by Gasteiger charge is 2.28. The average molecular weight is 448 g/mol. The van der Waals surface area contributed by atoms with Gasteiger partial charge in [-0.1, -0.05) is 12.1 Å². The molecule has 0 unspecified atom stereocenters. The lowest BCUT2D eigenvalue weighted by atomic mass is 9.99. The molecule has 4 aromatic rings. The number of thiazole rings is 1. The first-order valence-electron chi connectivity index (χ1n) is 10.2. The number of hydrogen-bond acceptors (Lipinski definition) is 7. The van der Waals surface area contributed by atoms with E-state index in [1.54, 1.807) is 30.3 Å². The molecule has 0 spiro atoms. The van der Waals surface area contributed by atoms with Gasteiger partial charge >= 0.3 is 0 Å². The van der Waals surface area contributed by atoms with Crippen LogP contribution in [0.3, 0.4) is 0 Å². The lowest BCUT2D eigenvalue weighted by molar-refractivity contribution is 0.0563. The molecular formula is C23H25N7OS.